The van der Waals surface area contributed by atoms with Gasteiger partial charge in [-0.2, -0.15) is 0 Å². The number of quaternary nitrogens is 1. The molecule has 0 fully saturated rings. The van der Waals surface area contributed by atoms with E-state index in [0.717, 1.165) is 64.2 Å². The summed E-state index contributed by atoms with van der Waals surface area (Å²) in [5, 5.41) is 9.62. The predicted molar refractivity (Wildman–Crippen MR) is 238 cm³/mol. The first-order valence-corrected chi connectivity index (χ1v) is 23.5. The summed E-state index contributed by atoms with van der Waals surface area (Å²) >= 11 is 0. The summed E-state index contributed by atoms with van der Waals surface area (Å²) in [4.78, 5) is 37.0. The molecular weight excluding hydrogens is 715 g/mol. The van der Waals surface area contributed by atoms with Gasteiger partial charge in [0, 0.05) is 19.3 Å². The zero-order chi connectivity index (χ0) is 42.1. The fourth-order valence-corrected chi connectivity index (χ4v) is 6.81. The maximum atomic E-state index is 12.7. The van der Waals surface area contributed by atoms with Gasteiger partial charge in [-0.05, 0) is 64.2 Å². The first-order valence-electron chi connectivity index (χ1n) is 23.5. The Bertz CT molecular complexity index is 1030. The molecule has 2 atom stereocenters. The van der Waals surface area contributed by atoms with Crippen LogP contribution in [-0.4, -0.2) is 80.6 Å². The molecule has 1 N–H and O–H groups in total. The van der Waals surface area contributed by atoms with E-state index in [1.807, 2.05) is 21.1 Å². The third kappa shape index (κ3) is 38.8. The molecule has 0 aromatic carbocycles. The highest BCUT2D eigenvalue weighted by Crippen LogP contribution is 2.14. The molecule has 57 heavy (non-hydrogen) atoms. The van der Waals surface area contributed by atoms with Crippen molar-refractivity contribution >= 4 is 17.9 Å². The lowest BCUT2D eigenvalue weighted by Crippen LogP contribution is -2.50. The first kappa shape index (κ1) is 54.6. The van der Waals surface area contributed by atoms with Crippen LogP contribution in [0.2, 0.25) is 0 Å². The van der Waals surface area contributed by atoms with Crippen LogP contribution in [0, 0.1) is 0 Å². The number of unbranched alkanes of at least 4 members (excludes halogenated alkanes) is 22. The molecule has 0 aromatic heterocycles. The van der Waals surface area contributed by atoms with E-state index in [1.54, 1.807) is 0 Å². The van der Waals surface area contributed by atoms with E-state index in [9.17, 15) is 19.5 Å². The predicted octanol–water partition coefficient (Wildman–Crippen LogP) is 13.0. The fraction of sp³-hybridized carbons (Fsp3) is 0.816. The quantitative estimate of drug-likeness (QED) is 0.0284. The minimum absolute atomic E-state index is 0.0561. The normalized spacial score (nSPS) is 13.2. The van der Waals surface area contributed by atoms with Gasteiger partial charge in [0.2, 0.25) is 0 Å². The number of esters is 2. The van der Waals surface area contributed by atoms with Crippen molar-refractivity contribution in [2.75, 3.05) is 41.0 Å². The largest absolute Gasteiger partial charge is 0.477 e. The number of carboxylic acid groups (broad SMARTS) is 1. The van der Waals surface area contributed by atoms with Crippen molar-refractivity contribution in [3.8, 4) is 0 Å². The zero-order valence-corrected chi connectivity index (χ0v) is 37.8. The Morgan fingerprint density at radius 2 is 0.947 bits per heavy atom. The molecule has 0 spiro atoms. The summed E-state index contributed by atoms with van der Waals surface area (Å²) in [5.41, 5.74) is 0. The van der Waals surface area contributed by atoms with Crippen molar-refractivity contribution in [1.82, 2.24) is 0 Å². The molecule has 2 unspecified atom stereocenters. The third-order valence-corrected chi connectivity index (χ3v) is 10.5. The Morgan fingerprint density at radius 3 is 1.42 bits per heavy atom. The molecule has 0 aliphatic heterocycles. The van der Waals surface area contributed by atoms with Crippen LogP contribution >= 0.6 is 0 Å². The second kappa shape index (κ2) is 40.3. The second-order valence-corrected chi connectivity index (χ2v) is 17.0. The first-order chi connectivity index (χ1) is 27.6. The highest BCUT2D eigenvalue weighted by atomic mass is 16.6. The molecule has 0 aliphatic carbocycles. The van der Waals surface area contributed by atoms with Gasteiger partial charge in [0.25, 0.3) is 0 Å². The van der Waals surface area contributed by atoms with Gasteiger partial charge >= 0.3 is 17.9 Å². The molecule has 0 saturated heterocycles. The van der Waals surface area contributed by atoms with Gasteiger partial charge < -0.3 is 23.8 Å². The molecule has 0 amide bonds. The topological polar surface area (TPSA) is 99.1 Å². The maximum Gasteiger partial charge on any atom is 0.362 e. The van der Waals surface area contributed by atoms with E-state index in [2.05, 4.69) is 50.3 Å². The number of likely N-dealkylation sites (N-methyl/N-ethyl adjacent to an activating group) is 1. The third-order valence-electron chi connectivity index (χ3n) is 10.5. The van der Waals surface area contributed by atoms with E-state index in [-0.39, 0.29) is 36.2 Å². The number of carbonyl (C=O) groups is 3. The van der Waals surface area contributed by atoms with Crippen LogP contribution in [0.1, 0.15) is 206 Å². The molecule has 0 rings (SSSR count). The van der Waals surface area contributed by atoms with E-state index in [1.165, 1.54) is 109 Å². The Balaban J connectivity index is 4.23. The Kier molecular flexibility index (Phi) is 38.6. The minimum Gasteiger partial charge on any atom is -0.477 e. The van der Waals surface area contributed by atoms with Gasteiger partial charge in [0.15, 0.2) is 12.1 Å². The van der Waals surface area contributed by atoms with Gasteiger partial charge in [-0.1, -0.05) is 159 Å². The van der Waals surface area contributed by atoms with Crippen molar-refractivity contribution in [3.05, 3.63) is 36.5 Å². The maximum absolute atomic E-state index is 12.7. The number of rotatable bonds is 42. The van der Waals surface area contributed by atoms with Crippen molar-refractivity contribution in [3.63, 3.8) is 0 Å². The standard InChI is InChI=1S/C49H89NO7/c1-6-8-10-12-14-16-18-19-20-21-22-23-24-25-26-27-28-30-31-33-35-37-39-47(51)56-44-45(43-55-42-41-46(49(53)54)50(3,4)5)57-48(52)40-38-36-34-32-29-17-15-13-11-9-7-2/h13,15,21-22,24-25,45-46H,6-12,14,16-20,23,26-44H2,1-5H3/p+1/b15-13+,22-21+,25-24+. The lowest BCUT2D eigenvalue weighted by molar-refractivity contribution is -0.887. The highest BCUT2D eigenvalue weighted by molar-refractivity contribution is 5.72. The number of allylic oxidation sites excluding steroid dienone is 6. The second-order valence-electron chi connectivity index (χ2n) is 17.0. The van der Waals surface area contributed by atoms with Gasteiger partial charge in [-0.3, -0.25) is 9.59 Å². The molecule has 0 aliphatic rings. The van der Waals surface area contributed by atoms with Crippen LogP contribution < -0.4 is 0 Å². The smallest absolute Gasteiger partial charge is 0.362 e. The number of hydrogen-bond acceptors (Lipinski definition) is 6. The monoisotopic (exact) mass is 805 g/mol. The fourth-order valence-electron chi connectivity index (χ4n) is 6.81. The van der Waals surface area contributed by atoms with Gasteiger partial charge in [-0.25, -0.2) is 4.79 Å². The van der Waals surface area contributed by atoms with Crippen molar-refractivity contribution < 1.29 is 38.2 Å². The van der Waals surface area contributed by atoms with E-state index >= 15 is 0 Å². The Hall–Kier alpha value is -2.45. The Morgan fingerprint density at radius 1 is 0.526 bits per heavy atom. The number of ether oxygens (including phenoxy) is 3. The van der Waals surface area contributed by atoms with Crippen LogP contribution in [0.5, 0.6) is 0 Å². The highest BCUT2D eigenvalue weighted by Gasteiger charge is 2.31. The molecular formula is C49H90NO7+. The summed E-state index contributed by atoms with van der Waals surface area (Å²) in [6, 6.07) is -0.616. The SMILES string of the molecule is CCCC/C=C/CCCCCCCC(=O)OC(COCCC(C(=O)O)[N+](C)(C)C)COC(=O)CCCCCCCCC/C=C/C/C=C/CCCCCCCCCC. The number of nitrogens with zero attached hydrogens (tertiary/aromatic N) is 1. The summed E-state index contributed by atoms with van der Waals surface area (Å²) in [5.74, 6) is -1.49. The number of hydrogen-bond donors (Lipinski definition) is 1. The van der Waals surface area contributed by atoms with Crippen LogP contribution in [0.25, 0.3) is 0 Å². The molecule has 0 saturated carbocycles. The summed E-state index contributed by atoms with van der Waals surface area (Å²) in [6.45, 7) is 4.69. The Labute approximate surface area is 351 Å². The van der Waals surface area contributed by atoms with E-state index in [0.29, 0.717) is 19.3 Å². The van der Waals surface area contributed by atoms with Crippen molar-refractivity contribution in [2.45, 2.75) is 219 Å². The van der Waals surface area contributed by atoms with Gasteiger partial charge in [-0.15, -0.1) is 0 Å². The molecule has 332 valence electrons. The van der Waals surface area contributed by atoms with Crippen LogP contribution in [0.3, 0.4) is 0 Å². The van der Waals surface area contributed by atoms with Crippen molar-refractivity contribution in [1.29, 1.82) is 0 Å². The summed E-state index contributed by atoms with van der Waals surface area (Å²) < 4.78 is 17.3. The number of carboxylic acids is 1. The van der Waals surface area contributed by atoms with Gasteiger partial charge in [0.1, 0.15) is 6.61 Å². The number of aliphatic carboxylic acids is 1. The van der Waals surface area contributed by atoms with E-state index in [4.69, 9.17) is 14.2 Å². The number of carbonyl (C=O) groups excluding carboxylic acids is 2. The van der Waals surface area contributed by atoms with Crippen molar-refractivity contribution in [2.24, 2.45) is 0 Å². The molecule has 8 nitrogen and oxygen atoms in total. The molecule has 0 radical (unpaired) electrons. The van der Waals surface area contributed by atoms with Gasteiger partial charge in [0.05, 0.1) is 34.4 Å². The average Bonchev–Trinajstić information content (AvgIpc) is 3.17. The van der Waals surface area contributed by atoms with Crippen LogP contribution in [0.4, 0.5) is 0 Å². The molecule has 0 heterocycles. The average molecular weight is 805 g/mol. The zero-order valence-electron chi connectivity index (χ0n) is 37.8. The lowest BCUT2D eigenvalue weighted by atomic mass is 10.1. The van der Waals surface area contributed by atoms with E-state index < -0.39 is 18.1 Å². The summed E-state index contributed by atoms with van der Waals surface area (Å²) in [7, 11) is 5.52. The van der Waals surface area contributed by atoms with Crippen LogP contribution in [0.15, 0.2) is 36.5 Å². The molecule has 0 aromatic rings. The molecule has 0 bridgehead atoms. The summed E-state index contributed by atoms with van der Waals surface area (Å²) in [6.07, 6.45) is 46.2. The lowest BCUT2D eigenvalue weighted by Gasteiger charge is -2.31. The molecule has 8 heteroatoms. The minimum atomic E-state index is -0.877. The van der Waals surface area contributed by atoms with Crippen LogP contribution in [-0.2, 0) is 28.6 Å².